The summed E-state index contributed by atoms with van der Waals surface area (Å²) < 4.78 is 15.9. The first kappa shape index (κ1) is 23.2. The fourth-order valence-corrected chi connectivity index (χ4v) is 4.95. The second kappa shape index (κ2) is 10.8. The van der Waals surface area contributed by atoms with Gasteiger partial charge in [-0.25, -0.2) is 19.3 Å². The van der Waals surface area contributed by atoms with Gasteiger partial charge in [0.25, 0.3) is 0 Å². The highest BCUT2D eigenvalue weighted by Crippen LogP contribution is 2.37. The quantitative estimate of drug-likeness (QED) is 0.299. The summed E-state index contributed by atoms with van der Waals surface area (Å²) >= 11 is 0. The average Bonchev–Trinajstić information content (AvgIpc) is 3.34. The third-order valence-corrected chi connectivity index (χ3v) is 6.86. The molecule has 0 saturated heterocycles. The van der Waals surface area contributed by atoms with Gasteiger partial charge in [0.15, 0.2) is 0 Å². The van der Waals surface area contributed by atoms with Crippen molar-refractivity contribution in [3.63, 3.8) is 0 Å². The monoisotopic (exact) mass is 469 g/mol. The van der Waals surface area contributed by atoms with Gasteiger partial charge in [0.05, 0.1) is 23.4 Å². The van der Waals surface area contributed by atoms with Gasteiger partial charge in [0, 0.05) is 23.8 Å². The van der Waals surface area contributed by atoms with Gasteiger partial charge in [0.1, 0.15) is 5.82 Å². The van der Waals surface area contributed by atoms with E-state index >= 15 is 0 Å². The molecule has 1 aliphatic rings. The molecule has 1 unspecified atom stereocenters. The van der Waals surface area contributed by atoms with Crippen LogP contribution in [-0.2, 0) is 6.42 Å². The number of aromatic nitrogens is 4. The van der Waals surface area contributed by atoms with Gasteiger partial charge in [-0.2, -0.15) is 0 Å². The minimum atomic E-state index is -0.250. The van der Waals surface area contributed by atoms with Crippen molar-refractivity contribution in [1.29, 1.82) is 0 Å². The Morgan fingerprint density at radius 1 is 0.971 bits per heavy atom. The Bertz CT molecular complexity index is 1230. The average molecular weight is 470 g/mol. The summed E-state index contributed by atoms with van der Waals surface area (Å²) in [7, 11) is 0. The van der Waals surface area contributed by atoms with E-state index in [9.17, 15) is 4.39 Å². The molecule has 1 aliphatic carbocycles. The van der Waals surface area contributed by atoms with Gasteiger partial charge in [-0.15, -0.1) is 0 Å². The first-order chi connectivity index (χ1) is 17.2. The lowest BCUT2D eigenvalue weighted by atomic mass is 9.95. The van der Waals surface area contributed by atoms with Gasteiger partial charge in [-0.05, 0) is 68.5 Å². The Morgan fingerprint density at radius 2 is 1.74 bits per heavy atom. The number of nitrogens with one attached hydrogen (secondary N) is 1. The van der Waals surface area contributed by atoms with Gasteiger partial charge in [-0.1, -0.05) is 49.6 Å². The molecule has 1 N–H and O–H groups in total. The van der Waals surface area contributed by atoms with Gasteiger partial charge in [0.2, 0.25) is 5.95 Å². The van der Waals surface area contributed by atoms with E-state index in [1.165, 1.54) is 37.0 Å². The van der Waals surface area contributed by atoms with E-state index in [0.29, 0.717) is 12.0 Å². The topological polar surface area (TPSA) is 55.6 Å². The zero-order valence-corrected chi connectivity index (χ0v) is 20.2. The molecular formula is C29H32FN5. The fourth-order valence-electron chi connectivity index (χ4n) is 4.95. The molecule has 1 saturated carbocycles. The van der Waals surface area contributed by atoms with E-state index in [0.717, 1.165) is 48.3 Å². The number of rotatable bonds is 8. The molecule has 0 aliphatic heterocycles. The molecule has 0 amide bonds. The minimum absolute atomic E-state index is 0.227. The van der Waals surface area contributed by atoms with E-state index in [1.807, 2.05) is 18.5 Å². The Balaban J connectivity index is 1.42. The SMILES string of the molecule is CC(CCc1ccccc1)Nc1nccc(-c2c(-c3ccc(F)cc3)ncn2C2CCCCC2)n1. The molecule has 5 nitrogen and oxygen atoms in total. The van der Waals surface area contributed by atoms with Crippen LogP contribution in [0.15, 0.2) is 73.2 Å². The lowest BCUT2D eigenvalue weighted by Gasteiger charge is -2.25. The predicted octanol–water partition coefficient (Wildman–Crippen LogP) is 7.08. The van der Waals surface area contributed by atoms with Crippen LogP contribution >= 0.6 is 0 Å². The van der Waals surface area contributed by atoms with E-state index in [1.54, 1.807) is 18.3 Å². The first-order valence-electron chi connectivity index (χ1n) is 12.6. The highest BCUT2D eigenvalue weighted by molar-refractivity contribution is 5.77. The van der Waals surface area contributed by atoms with Crippen LogP contribution in [0.4, 0.5) is 10.3 Å². The van der Waals surface area contributed by atoms with Crippen molar-refractivity contribution in [1.82, 2.24) is 19.5 Å². The molecule has 1 fully saturated rings. The molecule has 0 bridgehead atoms. The van der Waals surface area contributed by atoms with E-state index < -0.39 is 0 Å². The number of benzene rings is 2. The fraction of sp³-hybridized carbons (Fsp3) is 0.345. The largest absolute Gasteiger partial charge is 0.352 e. The number of hydrogen-bond acceptors (Lipinski definition) is 4. The molecule has 0 radical (unpaired) electrons. The van der Waals surface area contributed by atoms with Crippen molar-refractivity contribution >= 4 is 5.95 Å². The van der Waals surface area contributed by atoms with Crippen molar-refractivity contribution in [3.05, 3.63) is 84.6 Å². The predicted molar refractivity (Wildman–Crippen MR) is 139 cm³/mol. The summed E-state index contributed by atoms with van der Waals surface area (Å²) in [5, 5.41) is 3.48. The maximum absolute atomic E-state index is 13.6. The summed E-state index contributed by atoms with van der Waals surface area (Å²) in [5.41, 5.74) is 4.86. The Kier molecular flexibility index (Phi) is 7.17. The molecule has 35 heavy (non-hydrogen) atoms. The second-order valence-corrected chi connectivity index (χ2v) is 9.48. The van der Waals surface area contributed by atoms with E-state index in [4.69, 9.17) is 9.97 Å². The highest BCUT2D eigenvalue weighted by atomic mass is 19.1. The Hall–Kier alpha value is -3.54. The molecule has 5 rings (SSSR count). The highest BCUT2D eigenvalue weighted by Gasteiger charge is 2.23. The van der Waals surface area contributed by atoms with Crippen LogP contribution in [0.5, 0.6) is 0 Å². The summed E-state index contributed by atoms with van der Waals surface area (Å²) in [6.45, 7) is 2.16. The van der Waals surface area contributed by atoms with Crippen molar-refractivity contribution in [2.24, 2.45) is 0 Å². The van der Waals surface area contributed by atoms with Crippen LogP contribution in [0.3, 0.4) is 0 Å². The lowest BCUT2D eigenvalue weighted by molar-refractivity contribution is 0.355. The maximum Gasteiger partial charge on any atom is 0.223 e. The van der Waals surface area contributed by atoms with Crippen LogP contribution in [0, 0.1) is 5.82 Å². The summed E-state index contributed by atoms with van der Waals surface area (Å²) in [6, 6.07) is 19.6. The van der Waals surface area contributed by atoms with Crippen LogP contribution in [0.1, 0.15) is 57.1 Å². The molecule has 180 valence electrons. The van der Waals surface area contributed by atoms with E-state index in [2.05, 4.69) is 46.1 Å². The zero-order valence-electron chi connectivity index (χ0n) is 20.2. The molecule has 2 heterocycles. The summed E-state index contributed by atoms with van der Waals surface area (Å²) in [5.74, 6) is 0.365. The van der Waals surface area contributed by atoms with Gasteiger partial charge < -0.3 is 9.88 Å². The molecular weight excluding hydrogens is 437 g/mol. The Labute approximate surface area is 206 Å². The maximum atomic E-state index is 13.6. The smallest absolute Gasteiger partial charge is 0.223 e. The summed E-state index contributed by atoms with van der Waals surface area (Å²) in [4.78, 5) is 14.2. The van der Waals surface area contributed by atoms with Gasteiger partial charge >= 0.3 is 0 Å². The number of halogens is 1. The number of imidazole rings is 1. The third kappa shape index (κ3) is 5.59. The molecule has 6 heteroatoms. The number of aryl methyl sites for hydroxylation is 1. The van der Waals surface area contributed by atoms with E-state index in [-0.39, 0.29) is 11.9 Å². The second-order valence-electron chi connectivity index (χ2n) is 9.48. The zero-order chi connectivity index (χ0) is 24.0. The lowest BCUT2D eigenvalue weighted by Crippen LogP contribution is -2.18. The minimum Gasteiger partial charge on any atom is -0.352 e. The first-order valence-corrected chi connectivity index (χ1v) is 12.6. The normalized spacial score (nSPS) is 15.1. The molecule has 0 spiro atoms. The molecule has 1 atom stereocenters. The van der Waals surface area contributed by atoms with Crippen molar-refractivity contribution in [2.75, 3.05) is 5.32 Å². The number of hydrogen-bond donors (Lipinski definition) is 1. The van der Waals surface area contributed by atoms with Crippen LogP contribution < -0.4 is 5.32 Å². The molecule has 4 aromatic rings. The Morgan fingerprint density at radius 3 is 2.51 bits per heavy atom. The standard InChI is InChI=1S/C29H32FN5/c1-21(12-13-22-8-4-2-5-9-22)33-29-31-19-18-26(34-29)28-27(23-14-16-24(30)17-15-23)32-20-35(28)25-10-6-3-7-11-25/h2,4-5,8-9,14-21,25H,3,6-7,10-13H2,1H3,(H,31,33,34). The van der Waals surface area contributed by atoms with Crippen molar-refractivity contribution < 1.29 is 4.39 Å². The number of anilines is 1. The third-order valence-electron chi connectivity index (χ3n) is 6.86. The molecule has 2 aromatic heterocycles. The van der Waals surface area contributed by atoms with Crippen LogP contribution in [0.2, 0.25) is 0 Å². The van der Waals surface area contributed by atoms with Crippen LogP contribution in [-0.4, -0.2) is 25.6 Å². The van der Waals surface area contributed by atoms with Gasteiger partial charge in [-0.3, -0.25) is 0 Å². The van der Waals surface area contributed by atoms with Crippen molar-refractivity contribution in [2.45, 2.75) is 64.0 Å². The van der Waals surface area contributed by atoms with Crippen LogP contribution in [0.25, 0.3) is 22.6 Å². The number of nitrogens with zero attached hydrogens (tertiary/aromatic N) is 4. The summed E-state index contributed by atoms with van der Waals surface area (Å²) in [6.07, 6.45) is 11.7. The van der Waals surface area contributed by atoms with Crippen molar-refractivity contribution in [3.8, 4) is 22.6 Å². The molecule has 2 aromatic carbocycles.